The van der Waals surface area contributed by atoms with E-state index in [-0.39, 0.29) is 23.2 Å². The topological polar surface area (TPSA) is 130 Å². The number of nitrogens with zero attached hydrogens (tertiary/aromatic N) is 1. The second-order valence-corrected chi connectivity index (χ2v) is 7.95. The molecule has 1 aliphatic rings. The molecule has 0 unspecified atom stereocenters. The van der Waals surface area contributed by atoms with Crippen molar-refractivity contribution in [3.63, 3.8) is 0 Å². The first-order valence-corrected chi connectivity index (χ1v) is 10.8. The minimum Gasteiger partial charge on any atom is -0.326 e. The zero-order chi connectivity index (χ0) is 23.8. The van der Waals surface area contributed by atoms with E-state index in [2.05, 4.69) is 16.0 Å². The summed E-state index contributed by atoms with van der Waals surface area (Å²) in [6, 6.07) is 12.5. The first-order valence-electron chi connectivity index (χ1n) is 10.8. The molecule has 0 spiro atoms. The summed E-state index contributed by atoms with van der Waals surface area (Å²) in [5.74, 6) is -1.09. The average Bonchev–Trinajstić information content (AvgIpc) is 2.79. The number of rotatable bonds is 7. The van der Waals surface area contributed by atoms with E-state index in [0.717, 1.165) is 32.1 Å². The van der Waals surface area contributed by atoms with E-state index >= 15 is 0 Å². The van der Waals surface area contributed by atoms with E-state index in [4.69, 9.17) is 0 Å². The number of non-ortho nitro benzene ring substituents is 1. The quantitative estimate of drug-likeness (QED) is 0.330. The van der Waals surface area contributed by atoms with Gasteiger partial charge in [0.2, 0.25) is 11.8 Å². The van der Waals surface area contributed by atoms with Crippen LogP contribution in [-0.4, -0.2) is 22.6 Å². The Hall–Kier alpha value is -4.01. The third-order valence-electron chi connectivity index (χ3n) is 5.31. The lowest BCUT2D eigenvalue weighted by Crippen LogP contribution is -2.29. The van der Waals surface area contributed by atoms with Gasteiger partial charge in [-0.3, -0.25) is 24.5 Å². The molecule has 0 heterocycles. The summed E-state index contributed by atoms with van der Waals surface area (Å²) >= 11 is 0. The molecule has 3 amide bonds. The normalized spacial score (nSPS) is 14.3. The standard InChI is InChI=1S/C24H26N4O5/c1-16(29)25-22(14-17-7-5-12-21(13-17)28(32)33)24(31)27-20-11-6-10-19(15-20)26-23(30)18-8-3-2-4-9-18/h5-7,10-15,18H,2-4,8-9H2,1H3,(H,25,29)(H,26,30)(H,27,31)/b22-14-. The minimum absolute atomic E-state index is 0.00114. The lowest BCUT2D eigenvalue weighted by molar-refractivity contribution is -0.384. The largest absolute Gasteiger partial charge is 0.326 e. The number of amides is 3. The Morgan fingerprint density at radius 3 is 2.30 bits per heavy atom. The molecule has 0 radical (unpaired) electrons. The van der Waals surface area contributed by atoms with Crippen LogP contribution >= 0.6 is 0 Å². The molecule has 0 aromatic heterocycles. The van der Waals surface area contributed by atoms with Crippen LogP contribution in [0.4, 0.5) is 17.1 Å². The van der Waals surface area contributed by atoms with Gasteiger partial charge in [0.15, 0.2) is 0 Å². The maximum Gasteiger partial charge on any atom is 0.272 e. The number of anilines is 2. The monoisotopic (exact) mass is 450 g/mol. The highest BCUT2D eigenvalue weighted by Gasteiger charge is 2.21. The van der Waals surface area contributed by atoms with E-state index in [1.54, 1.807) is 30.3 Å². The van der Waals surface area contributed by atoms with E-state index in [1.807, 2.05) is 0 Å². The Labute approximate surface area is 191 Å². The summed E-state index contributed by atoms with van der Waals surface area (Å²) in [4.78, 5) is 47.4. The third kappa shape index (κ3) is 6.99. The fraction of sp³-hybridized carbons (Fsp3) is 0.292. The first-order chi connectivity index (χ1) is 15.8. The van der Waals surface area contributed by atoms with Crippen molar-refractivity contribution in [3.8, 4) is 0 Å². The maximum absolute atomic E-state index is 12.8. The van der Waals surface area contributed by atoms with Gasteiger partial charge in [-0.25, -0.2) is 0 Å². The SMILES string of the molecule is CC(=O)N/C(=C\c1cccc([N+](=O)[O-])c1)C(=O)Nc1cccc(NC(=O)C2CCCCC2)c1. The van der Waals surface area contributed by atoms with Crippen LogP contribution in [0, 0.1) is 16.0 Å². The Balaban J connectivity index is 1.74. The van der Waals surface area contributed by atoms with Gasteiger partial charge in [0, 0.05) is 36.3 Å². The van der Waals surface area contributed by atoms with Crippen LogP contribution in [0.3, 0.4) is 0 Å². The van der Waals surface area contributed by atoms with Gasteiger partial charge in [-0.2, -0.15) is 0 Å². The van der Waals surface area contributed by atoms with Gasteiger partial charge in [-0.05, 0) is 42.7 Å². The van der Waals surface area contributed by atoms with Gasteiger partial charge in [0.25, 0.3) is 11.6 Å². The zero-order valence-electron chi connectivity index (χ0n) is 18.3. The van der Waals surface area contributed by atoms with Crippen molar-refractivity contribution in [1.82, 2.24) is 5.32 Å². The van der Waals surface area contributed by atoms with Crippen LogP contribution < -0.4 is 16.0 Å². The predicted molar refractivity (Wildman–Crippen MR) is 125 cm³/mol. The van der Waals surface area contributed by atoms with Crippen LogP contribution in [0.1, 0.15) is 44.6 Å². The molecule has 3 N–H and O–H groups in total. The number of nitro groups is 1. The fourth-order valence-corrected chi connectivity index (χ4v) is 3.73. The third-order valence-corrected chi connectivity index (χ3v) is 5.31. The summed E-state index contributed by atoms with van der Waals surface area (Å²) in [5, 5.41) is 19.1. The van der Waals surface area contributed by atoms with Gasteiger partial charge in [0.1, 0.15) is 5.70 Å². The van der Waals surface area contributed by atoms with E-state index in [1.165, 1.54) is 31.2 Å². The van der Waals surface area contributed by atoms with Gasteiger partial charge >= 0.3 is 0 Å². The molecule has 9 nitrogen and oxygen atoms in total. The number of benzene rings is 2. The number of hydrogen-bond donors (Lipinski definition) is 3. The molecular formula is C24H26N4O5. The lowest BCUT2D eigenvalue weighted by atomic mass is 9.88. The molecule has 33 heavy (non-hydrogen) atoms. The Kier molecular flexibility index (Phi) is 7.91. The predicted octanol–water partition coefficient (Wildman–Crippen LogP) is 4.23. The van der Waals surface area contributed by atoms with Crippen molar-refractivity contribution in [2.75, 3.05) is 10.6 Å². The molecule has 1 saturated carbocycles. The minimum atomic E-state index is -0.604. The first kappa shape index (κ1) is 23.6. The number of carbonyl (C=O) groups is 3. The van der Waals surface area contributed by atoms with Crippen LogP contribution in [0.2, 0.25) is 0 Å². The molecule has 9 heteroatoms. The smallest absolute Gasteiger partial charge is 0.272 e. The van der Waals surface area contributed by atoms with E-state index in [9.17, 15) is 24.5 Å². The number of hydrogen-bond acceptors (Lipinski definition) is 5. The molecule has 0 aliphatic heterocycles. The molecular weight excluding hydrogens is 424 g/mol. The van der Waals surface area contributed by atoms with Crippen LogP contribution in [0.15, 0.2) is 54.2 Å². The van der Waals surface area contributed by atoms with Gasteiger partial charge < -0.3 is 16.0 Å². The molecule has 0 atom stereocenters. The summed E-state index contributed by atoms with van der Waals surface area (Å²) in [6.45, 7) is 1.26. The van der Waals surface area contributed by atoms with Crippen LogP contribution in [-0.2, 0) is 14.4 Å². The van der Waals surface area contributed by atoms with Crippen LogP contribution in [0.25, 0.3) is 6.08 Å². The molecule has 1 fully saturated rings. The summed E-state index contributed by atoms with van der Waals surface area (Å²) in [7, 11) is 0. The zero-order valence-corrected chi connectivity index (χ0v) is 18.3. The number of carbonyl (C=O) groups excluding carboxylic acids is 3. The number of nitrogens with one attached hydrogen (secondary N) is 3. The van der Waals surface area contributed by atoms with Gasteiger partial charge in [0.05, 0.1) is 4.92 Å². The second-order valence-electron chi connectivity index (χ2n) is 7.95. The van der Waals surface area contributed by atoms with Gasteiger partial charge in [-0.15, -0.1) is 0 Å². The van der Waals surface area contributed by atoms with Crippen molar-refractivity contribution >= 4 is 40.9 Å². The van der Waals surface area contributed by atoms with Crippen LogP contribution in [0.5, 0.6) is 0 Å². The van der Waals surface area contributed by atoms with Crippen molar-refractivity contribution < 1.29 is 19.3 Å². The molecule has 2 aromatic carbocycles. The molecule has 0 bridgehead atoms. The van der Waals surface area contributed by atoms with Crippen molar-refractivity contribution in [2.24, 2.45) is 5.92 Å². The molecule has 2 aromatic rings. The molecule has 0 saturated heterocycles. The highest BCUT2D eigenvalue weighted by molar-refractivity contribution is 6.08. The average molecular weight is 450 g/mol. The van der Waals surface area contributed by atoms with Crippen molar-refractivity contribution in [3.05, 3.63) is 69.9 Å². The molecule has 172 valence electrons. The fourth-order valence-electron chi connectivity index (χ4n) is 3.73. The summed E-state index contributed by atoms with van der Waals surface area (Å²) < 4.78 is 0. The van der Waals surface area contributed by atoms with Crippen molar-refractivity contribution in [1.29, 1.82) is 0 Å². The second kappa shape index (κ2) is 11.0. The lowest BCUT2D eigenvalue weighted by Gasteiger charge is -2.21. The van der Waals surface area contributed by atoms with Gasteiger partial charge in [-0.1, -0.05) is 37.5 Å². The number of nitro benzene ring substituents is 1. The Morgan fingerprint density at radius 1 is 0.970 bits per heavy atom. The summed E-state index contributed by atoms with van der Waals surface area (Å²) in [5.41, 5.74) is 1.17. The highest BCUT2D eigenvalue weighted by Crippen LogP contribution is 2.25. The van der Waals surface area contributed by atoms with E-state index < -0.39 is 16.7 Å². The molecule has 1 aliphatic carbocycles. The summed E-state index contributed by atoms with van der Waals surface area (Å²) in [6.07, 6.45) is 6.38. The molecule has 3 rings (SSSR count). The van der Waals surface area contributed by atoms with E-state index in [0.29, 0.717) is 16.9 Å². The highest BCUT2D eigenvalue weighted by atomic mass is 16.6. The Bertz CT molecular complexity index is 1090. The van der Waals surface area contributed by atoms with Crippen molar-refractivity contribution in [2.45, 2.75) is 39.0 Å². The Morgan fingerprint density at radius 2 is 1.64 bits per heavy atom. The maximum atomic E-state index is 12.8.